The molecule has 2 N–H and O–H groups in total. The molecule has 0 fully saturated rings. The lowest BCUT2D eigenvalue weighted by Gasteiger charge is -2.31. The van der Waals surface area contributed by atoms with Crippen LogP contribution in [0.3, 0.4) is 0 Å². The molecule has 0 saturated carbocycles. The van der Waals surface area contributed by atoms with Gasteiger partial charge in [-0.3, -0.25) is 0 Å². The molecule has 2 heterocycles. The molecule has 0 amide bonds. The van der Waals surface area contributed by atoms with E-state index in [2.05, 4.69) is 6.92 Å². The van der Waals surface area contributed by atoms with E-state index in [0.717, 1.165) is 67.4 Å². The summed E-state index contributed by atoms with van der Waals surface area (Å²) in [5.41, 5.74) is 9.44. The van der Waals surface area contributed by atoms with Gasteiger partial charge in [-0.15, -0.1) is 0 Å². The lowest BCUT2D eigenvalue weighted by Crippen LogP contribution is -2.19. The van der Waals surface area contributed by atoms with Crippen LogP contribution in [0.15, 0.2) is 0 Å². The maximum Gasteiger partial charge on any atom is 0.141 e. The summed E-state index contributed by atoms with van der Waals surface area (Å²) in [5.74, 6) is 2.31. The van der Waals surface area contributed by atoms with Crippen molar-refractivity contribution >= 4 is 11.6 Å². The lowest BCUT2D eigenvalue weighted by molar-refractivity contribution is 0.267. The molecule has 110 valence electrons. The Balaban J connectivity index is 2.19. The standard InChI is InChI=1S/C16H22ClNO2/c1-10(6-7-18)13-11-4-2-9-20-16(11)14(17)12-5-3-8-19-15(12)13/h10H,2-9,18H2,1H3. The predicted octanol–water partition coefficient (Wildman–Crippen LogP) is 3.44. The van der Waals surface area contributed by atoms with Gasteiger partial charge in [0.15, 0.2) is 0 Å². The number of rotatable bonds is 3. The van der Waals surface area contributed by atoms with Crippen molar-refractivity contribution in [3.8, 4) is 11.5 Å². The minimum Gasteiger partial charge on any atom is -0.493 e. The van der Waals surface area contributed by atoms with Crippen LogP contribution >= 0.6 is 11.6 Å². The van der Waals surface area contributed by atoms with Crippen LogP contribution in [0, 0.1) is 0 Å². The molecule has 0 aromatic heterocycles. The highest BCUT2D eigenvalue weighted by molar-refractivity contribution is 6.33. The van der Waals surface area contributed by atoms with Gasteiger partial charge in [0.05, 0.1) is 18.2 Å². The molecule has 3 rings (SSSR count). The van der Waals surface area contributed by atoms with Crippen molar-refractivity contribution in [3.05, 3.63) is 21.7 Å². The first-order chi connectivity index (χ1) is 9.74. The second-order valence-corrected chi connectivity index (χ2v) is 6.10. The molecule has 4 heteroatoms. The number of ether oxygens (including phenoxy) is 2. The summed E-state index contributed by atoms with van der Waals surface area (Å²) in [6.07, 6.45) is 5.04. The molecule has 0 bridgehead atoms. The summed E-state index contributed by atoms with van der Waals surface area (Å²) in [7, 11) is 0. The van der Waals surface area contributed by atoms with Gasteiger partial charge < -0.3 is 15.2 Å². The van der Waals surface area contributed by atoms with E-state index >= 15 is 0 Å². The minimum atomic E-state index is 0.388. The number of benzene rings is 1. The second-order valence-electron chi connectivity index (χ2n) is 5.73. The van der Waals surface area contributed by atoms with Crippen LogP contribution in [0.1, 0.15) is 48.8 Å². The SMILES string of the molecule is CC(CCN)c1c2c(c(Cl)c3c1OCCC3)OCCC2. The predicted molar refractivity (Wildman–Crippen MR) is 81.2 cm³/mol. The van der Waals surface area contributed by atoms with E-state index in [4.69, 9.17) is 26.8 Å². The summed E-state index contributed by atoms with van der Waals surface area (Å²) >= 11 is 6.57. The van der Waals surface area contributed by atoms with E-state index in [1.165, 1.54) is 11.1 Å². The topological polar surface area (TPSA) is 44.5 Å². The van der Waals surface area contributed by atoms with Crippen molar-refractivity contribution < 1.29 is 9.47 Å². The lowest BCUT2D eigenvalue weighted by atomic mass is 9.85. The van der Waals surface area contributed by atoms with Gasteiger partial charge in [0.1, 0.15) is 11.5 Å². The van der Waals surface area contributed by atoms with Gasteiger partial charge in [0, 0.05) is 16.7 Å². The zero-order valence-corrected chi connectivity index (χ0v) is 12.8. The third kappa shape index (κ3) is 2.27. The Bertz CT molecular complexity index is 479. The van der Waals surface area contributed by atoms with Crippen molar-refractivity contribution in [3.63, 3.8) is 0 Å². The van der Waals surface area contributed by atoms with Crippen LogP contribution < -0.4 is 15.2 Å². The molecular formula is C16H22ClNO2. The Hall–Kier alpha value is -0.930. The third-order valence-electron chi connectivity index (χ3n) is 4.31. The van der Waals surface area contributed by atoms with Crippen LogP contribution in [0.25, 0.3) is 0 Å². The maximum absolute atomic E-state index is 6.57. The maximum atomic E-state index is 6.57. The normalized spacial score (nSPS) is 18.6. The Morgan fingerprint density at radius 1 is 1.10 bits per heavy atom. The Labute approximate surface area is 125 Å². The van der Waals surface area contributed by atoms with E-state index in [1.807, 2.05) is 0 Å². The van der Waals surface area contributed by atoms with Gasteiger partial charge in [-0.05, 0) is 44.6 Å². The van der Waals surface area contributed by atoms with Crippen molar-refractivity contribution in [2.75, 3.05) is 19.8 Å². The van der Waals surface area contributed by atoms with Gasteiger partial charge in [-0.2, -0.15) is 0 Å². The van der Waals surface area contributed by atoms with Gasteiger partial charge in [0.2, 0.25) is 0 Å². The Morgan fingerprint density at radius 3 is 2.45 bits per heavy atom. The molecule has 1 unspecified atom stereocenters. The van der Waals surface area contributed by atoms with E-state index in [9.17, 15) is 0 Å². The smallest absolute Gasteiger partial charge is 0.141 e. The molecule has 0 aliphatic carbocycles. The van der Waals surface area contributed by atoms with Crippen LogP contribution in [0.2, 0.25) is 5.02 Å². The summed E-state index contributed by atoms with van der Waals surface area (Å²) in [4.78, 5) is 0. The first-order valence-electron chi connectivity index (χ1n) is 7.56. The van der Waals surface area contributed by atoms with Crippen molar-refractivity contribution in [2.45, 2.75) is 44.9 Å². The van der Waals surface area contributed by atoms with Gasteiger partial charge in [-0.1, -0.05) is 18.5 Å². The Kier molecular flexibility index (Phi) is 4.08. The molecule has 2 aliphatic heterocycles. The fraction of sp³-hybridized carbons (Fsp3) is 0.625. The average molecular weight is 296 g/mol. The number of fused-ring (bicyclic) bond motifs is 2. The van der Waals surface area contributed by atoms with Crippen LogP contribution in [-0.2, 0) is 12.8 Å². The Morgan fingerprint density at radius 2 is 1.75 bits per heavy atom. The molecule has 1 aromatic carbocycles. The van der Waals surface area contributed by atoms with Gasteiger partial charge >= 0.3 is 0 Å². The van der Waals surface area contributed by atoms with Crippen molar-refractivity contribution in [1.82, 2.24) is 0 Å². The zero-order valence-electron chi connectivity index (χ0n) is 12.0. The fourth-order valence-electron chi connectivity index (χ4n) is 3.34. The quantitative estimate of drug-likeness (QED) is 0.929. The highest BCUT2D eigenvalue weighted by Gasteiger charge is 2.30. The second kappa shape index (κ2) is 5.82. The molecule has 0 spiro atoms. The highest BCUT2D eigenvalue weighted by Crippen LogP contribution is 2.48. The summed E-state index contributed by atoms with van der Waals surface area (Å²) in [6.45, 7) is 4.46. The monoisotopic (exact) mass is 295 g/mol. The van der Waals surface area contributed by atoms with E-state index in [-0.39, 0.29) is 0 Å². The first kappa shape index (κ1) is 14.0. The number of halogens is 1. The largest absolute Gasteiger partial charge is 0.493 e. The fourth-order valence-corrected chi connectivity index (χ4v) is 3.69. The zero-order chi connectivity index (χ0) is 14.1. The highest BCUT2D eigenvalue weighted by atomic mass is 35.5. The van der Waals surface area contributed by atoms with Gasteiger partial charge in [-0.25, -0.2) is 0 Å². The van der Waals surface area contributed by atoms with Crippen molar-refractivity contribution in [1.29, 1.82) is 0 Å². The molecule has 0 saturated heterocycles. The summed E-state index contributed by atoms with van der Waals surface area (Å²) in [6, 6.07) is 0. The van der Waals surface area contributed by atoms with E-state index < -0.39 is 0 Å². The van der Waals surface area contributed by atoms with Crippen LogP contribution in [0.5, 0.6) is 11.5 Å². The van der Waals surface area contributed by atoms with E-state index in [1.54, 1.807) is 0 Å². The molecular weight excluding hydrogens is 274 g/mol. The number of hydrogen-bond acceptors (Lipinski definition) is 3. The number of nitrogens with two attached hydrogens (primary N) is 1. The van der Waals surface area contributed by atoms with Crippen LogP contribution in [-0.4, -0.2) is 19.8 Å². The summed E-state index contributed by atoms with van der Waals surface area (Å²) < 4.78 is 11.9. The number of hydrogen-bond donors (Lipinski definition) is 1. The van der Waals surface area contributed by atoms with E-state index in [0.29, 0.717) is 12.5 Å². The van der Waals surface area contributed by atoms with Crippen molar-refractivity contribution in [2.24, 2.45) is 5.73 Å². The third-order valence-corrected chi connectivity index (χ3v) is 4.71. The molecule has 3 nitrogen and oxygen atoms in total. The minimum absolute atomic E-state index is 0.388. The summed E-state index contributed by atoms with van der Waals surface area (Å²) in [5, 5.41) is 0.776. The molecule has 1 atom stereocenters. The molecule has 20 heavy (non-hydrogen) atoms. The molecule has 1 aromatic rings. The van der Waals surface area contributed by atoms with Crippen LogP contribution in [0.4, 0.5) is 0 Å². The first-order valence-corrected chi connectivity index (χ1v) is 7.94. The molecule has 0 radical (unpaired) electrons. The average Bonchev–Trinajstić information content (AvgIpc) is 2.48. The molecule has 2 aliphatic rings. The van der Waals surface area contributed by atoms with Gasteiger partial charge in [0.25, 0.3) is 0 Å².